The van der Waals surface area contributed by atoms with Crippen LogP contribution in [-0.4, -0.2) is 63.7 Å². The molecule has 0 radical (unpaired) electrons. The van der Waals surface area contributed by atoms with E-state index in [4.69, 9.17) is 15.2 Å². The molecule has 1 fully saturated rings. The number of amides is 1. The number of nitrogen functional groups attached to an aromatic ring is 1. The first-order valence-corrected chi connectivity index (χ1v) is 10.5. The molecular formula is C16H26N4O3S2. The molecule has 2 N–H and O–H groups in total. The number of ether oxygens (including phenoxy) is 2. The SMILES string of the molecule is CCSC(SCC)[C@@H]1CCCN1C(=O)c1nc(OC)nc(OC)c1N. The molecular weight excluding hydrogens is 360 g/mol. The molecule has 140 valence electrons. The minimum absolute atomic E-state index is 0.0764. The fourth-order valence-corrected chi connectivity index (χ4v) is 5.77. The number of rotatable bonds is 8. The van der Waals surface area contributed by atoms with Gasteiger partial charge in [-0.3, -0.25) is 4.79 Å². The van der Waals surface area contributed by atoms with E-state index in [0.29, 0.717) is 11.1 Å². The monoisotopic (exact) mass is 386 g/mol. The maximum Gasteiger partial charge on any atom is 0.320 e. The van der Waals surface area contributed by atoms with E-state index in [9.17, 15) is 4.79 Å². The summed E-state index contributed by atoms with van der Waals surface area (Å²) in [7, 11) is 2.90. The van der Waals surface area contributed by atoms with Crippen molar-refractivity contribution in [3.05, 3.63) is 5.69 Å². The summed E-state index contributed by atoms with van der Waals surface area (Å²) in [6.45, 7) is 5.00. The van der Waals surface area contributed by atoms with Gasteiger partial charge in [0, 0.05) is 6.54 Å². The molecule has 1 amide bonds. The molecule has 1 saturated heterocycles. The molecule has 9 heteroatoms. The first-order chi connectivity index (χ1) is 12.1. The van der Waals surface area contributed by atoms with Crippen LogP contribution >= 0.6 is 23.5 Å². The van der Waals surface area contributed by atoms with Crippen LogP contribution < -0.4 is 15.2 Å². The van der Waals surface area contributed by atoms with Crippen molar-refractivity contribution in [3.63, 3.8) is 0 Å². The summed E-state index contributed by atoms with van der Waals surface area (Å²) in [6, 6.07) is 0.251. The van der Waals surface area contributed by atoms with Crippen molar-refractivity contribution in [2.45, 2.75) is 37.3 Å². The van der Waals surface area contributed by atoms with Gasteiger partial charge < -0.3 is 20.1 Å². The van der Waals surface area contributed by atoms with Gasteiger partial charge >= 0.3 is 6.01 Å². The van der Waals surface area contributed by atoms with E-state index in [1.165, 1.54) is 14.2 Å². The molecule has 0 spiro atoms. The summed E-state index contributed by atoms with van der Waals surface area (Å²) in [6.07, 6.45) is 1.98. The molecule has 0 saturated carbocycles. The van der Waals surface area contributed by atoms with Crippen LogP contribution in [-0.2, 0) is 0 Å². The van der Waals surface area contributed by atoms with Crippen LogP contribution in [0.15, 0.2) is 0 Å². The van der Waals surface area contributed by atoms with Crippen molar-refractivity contribution < 1.29 is 14.3 Å². The molecule has 0 bridgehead atoms. The number of likely N-dealkylation sites (tertiary alicyclic amines) is 1. The van der Waals surface area contributed by atoms with E-state index in [2.05, 4.69) is 23.8 Å². The molecule has 7 nitrogen and oxygen atoms in total. The highest BCUT2D eigenvalue weighted by molar-refractivity contribution is 8.17. The van der Waals surface area contributed by atoms with Crippen LogP contribution in [0.4, 0.5) is 5.69 Å². The van der Waals surface area contributed by atoms with Gasteiger partial charge in [0.25, 0.3) is 5.91 Å². The second kappa shape index (κ2) is 9.38. The van der Waals surface area contributed by atoms with Gasteiger partial charge in [-0.15, -0.1) is 23.5 Å². The van der Waals surface area contributed by atoms with Gasteiger partial charge in [-0.05, 0) is 24.3 Å². The van der Waals surface area contributed by atoms with Gasteiger partial charge in [0.2, 0.25) is 5.88 Å². The highest BCUT2D eigenvalue weighted by atomic mass is 32.2. The summed E-state index contributed by atoms with van der Waals surface area (Å²) >= 11 is 3.78. The first kappa shape index (κ1) is 20.0. The highest BCUT2D eigenvalue weighted by Crippen LogP contribution is 2.36. The number of hydrogen-bond acceptors (Lipinski definition) is 8. The Morgan fingerprint density at radius 1 is 1.28 bits per heavy atom. The molecule has 1 aliphatic heterocycles. The lowest BCUT2D eigenvalue weighted by Crippen LogP contribution is -2.41. The Morgan fingerprint density at radius 3 is 2.52 bits per heavy atom. The maximum atomic E-state index is 13.2. The van der Waals surface area contributed by atoms with Crippen LogP contribution in [0.1, 0.15) is 37.2 Å². The van der Waals surface area contributed by atoms with Crippen LogP contribution in [0, 0.1) is 0 Å². The van der Waals surface area contributed by atoms with Gasteiger partial charge in [-0.25, -0.2) is 0 Å². The van der Waals surface area contributed by atoms with Gasteiger partial charge in [-0.2, -0.15) is 9.97 Å². The van der Waals surface area contributed by atoms with Gasteiger partial charge in [-0.1, -0.05) is 13.8 Å². The van der Waals surface area contributed by atoms with Crippen LogP contribution in [0.2, 0.25) is 0 Å². The molecule has 2 heterocycles. The number of nitrogens with two attached hydrogens (primary N) is 1. The summed E-state index contributed by atoms with van der Waals surface area (Å²) in [5.41, 5.74) is 6.37. The predicted molar refractivity (Wildman–Crippen MR) is 104 cm³/mol. The normalized spacial score (nSPS) is 17.2. The van der Waals surface area contributed by atoms with E-state index in [1.807, 2.05) is 28.4 Å². The lowest BCUT2D eigenvalue weighted by molar-refractivity contribution is 0.0739. The fraction of sp³-hybridized carbons (Fsp3) is 0.688. The van der Waals surface area contributed by atoms with Gasteiger partial charge in [0.05, 0.1) is 24.8 Å². The van der Waals surface area contributed by atoms with Crippen LogP contribution in [0.3, 0.4) is 0 Å². The smallest absolute Gasteiger partial charge is 0.320 e. The minimum atomic E-state index is -0.183. The zero-order valence-electron chi connectivity index (χ0n) is 15.2. The summed E-state index contributed by atoms with van der Waals surface area (Å²) in [5, 5.41) is 0. The lowest BCUT2D eigenvalue weighted by Gasteiger charge is -2.31. The minimum Gasteiger partial charge on any atom is -0.479 e. The Balaban J connectivity index is 2.32. The first-order valence-electron chi connectivity index (χ1n) is 8.36. The van der Waals surface area contributed by atoms with Gasteiger partial charge in [0.1, 0.15) is 5.69 Å². The zero-order valence-corrected chi connectivity index (χ0v) is 16.8. The number of hydrogen-bond donors (Lipinski definition) is 1. The molecule has 1 aromatic rings. The molecule has 1 aliphatic rings. The standard InChI is InChI=1S/C16H26N4O3S2/c1-5-24-15(25-6-2)10-8-7-9-20(10)14(21)12-11(17)13(22-3)19-16(18-12)23-4/h10,15H,5-9,17H2,1-4H3/t10-/m0/s1. The van der Waals surface area contributed by atoms with E-state index in [-0.39, 0.29) is 35.2 Å². The Labute approximate surface area is 157 Å². The molecule has 0 aromatic carbocycles. The molecule has 0 aliphatic carbocycles. The number of aromatic nitrogens is 2. The predicted octanol–water partition coefficient (Wildman–Crippen LogP) is 2.51. The number of carbonyl (C=O) groups excluding carboxylic acids is 1. The largest absolute Gasteiger partial charge is 0.479 e. The van der Waals surface area contributed by atoms with E-state index < -0.39 is 0 Å². The quantitative estimate of drug-likeness (QED) is 0.682. The third-order valence-electron chi connectivity index (χ3n) is 4.00. The molecule has 2 rings (SSSR count). The maximum absolute atomic E-state index is 13.2. The second-order valence-corrected chi connectivity index (χ2v) is 8.60. The molecule has 0 unspecified atom stereocenters. The zero-order chi connectivity index (χ0) is 18.4. The Morgan fingerprint density at radius 2 is 1.96 bits per heavy atom. The van der Waals surface area contributed by atoms with Crippen molar-refractivity contribution in [3.8, 4) is 11.9 Å². The lowest BCUT2D eigenvalue weighted by atomic mass is 10.2. The number of anilines is 1. The van der Waals surface area contributed by atoms with Crippen LogP contribution in [0.5, 0.6) is 11.9 Å². The van der Waals surface area contributed by atoms with E-state index >= 15 is 0 Å². The topological polar surface area (TPSA) is 90.6 Å². The molecule has 1 atom stereocenters. The average Bonchev–Trinajstić information content (AvgIpc) is 3.10. The molecule has 25 heavy (non-hydrogen) atoms. The highest BCUT2D eigenvalue weighted by Gasteiger charge is 2.37. The Hall–Kier alpha value is -1.35. The van der Waals surface area contributed by atoms with Crippen molar-refractivity contribution in [2.24, 2.45) is 0 Å². The van der Waals surface area contributed by atoms with E-state index in [1.54, 1.807) is 0 Å². The number of methoxy groups -OCH3 is 2. The fourth-order valence-electron chi connectivity index (χ4n) is 2.90. The van der Waals surface area contributed by atoms with Crippen molar-refractivity contribution >= 4 is 35.1 Å². The summed E-state index contributed by atoms with van der Waals surface area (Å²) < 4.78 is 10.6. The van der Waals surface area contributed by atoms with Crippen molar-refractivity contribution in [1.29, 1.82) is 0 Å². The Kier molecular flexibility index (Phi) is 7.49. The van der Waals surface area contributed by atoms with Crippen molar-refractivity contribution in [1.82, 2.24) is 14.9 Å². The molecule has 1 aromatic heterocycles. The Bertz CT molecular complexity index is 597. The number of thioether (sulfide) groups is 2. The number of nitrogens with zero attached hydrogens (tertiary/aromatic N) is 3. The van der Waals surface area contributed by atoms with Crippen LogP contribution in [0.25, 0.3) is 0 Å². The second-order valence-electron chi connectivity index (χ2n) is 5.47. The summed E-state index contributed by atoms with van der Waals surface area (Å²) in [5.74, 6) is 2.02. The summed E-state index contributed by atoms with van der Waals surface area (Å²) in [4.78, 5) is 23.3. The van der Waals surface area contributed by atoms with Gasteiger partial charge in [0.15, 0.2) is 5.69 Å². The van der Waals surface area contributed by atoms with Crippen molar-refractivity contribution in [2.75, 3.05) is 38.0 Å². The third kappa shape index (κ3) is 4.44. The van der Waals surface area contributed by atoms with E-state index in [0.717, 1.165) is 24.3 Å². The number of carbonyl (C=O) groups is 1. The average molecular weight is 387 g/mol. The third-order valence-corrected chi connectivity index (χ3v) is 6.77.